The Balaban J connectivity index is 2.00. The van der Waals surface area contributed by atoms with Crippen LogP contribution in [0.1, 0.15) is 0 Å². The molecule has 3 aromatic heterocycles. The Bertz CT molecular complexity index is 571. The van der Waals surface area contributed by atoms with Gasteiger partial charge in [0, 0.05) is 29.5 Å². The molecule has 0 aliphatic heterocycles. The first-order chi connectivity index (χ1) is 7.93. The van der Waals surface area contributed by atoms with Crippen molar-refractivity contribution in [1.82, 2.24) is 19.7 Å². The molecule has 0 spiro atoms. The van der Waals surface area contributed by atoms with Gasteiger partial charge in [0.15, 0.2) is 0 Å². The number of hydrogen-bond acceptors (Lipinski definition) is 4. The Morgan fingerprint density at radius 1 is 1.19 bits per heavy atom. The van der Waals surface area contributed by atoms with Crippen LogP contribution in [0.15, 0.2) is 48.5 Å². The van der Waals surface area contributed by atoms with E-state index in [4.69, 9.17) is 0 Å². The summed E-state index contributed by atoms with van der Waals surface area (Å²) >= 11 is 1.60. The van der Waals surface area contributed by atoms with Crippen molar-refractivity contribution in [3.05, 3.63) is 48.5 Å². The van der Waals surface area contributed by atoms with Crippen LogP contribution in [0.2, 0.25) is 0 Å². The molecule has 5 heteroatoms. The van der Waals surface area contributed by atoms with Gasteiger partial charge >= 0.3 is 0 Å². The molecule has 78 valence electrons. The van der Waals surface area contributed by atoms with Crippen LogP contribution >= 0.6 is 11.3 Å². The first kappa shape index (κ1) is 9.23. The SMILES string of the molecule is c1cncc(-n2cc(-c3nccs3)cn2)c1. The fraction of sp³-hybridized carbons (Fsp3) is 0. The summed E-state index contributed by atoms with van der Waals surface area (Å²) in [4.78, 5) is 8.30. The molecule has 3 rings (SSSR count). The molecular formula is C11H8N4S. The minimum absolute atomic E-state index is 0.949. The molecule has 0 fully saturated rings. The average molecular weight is 228 g/mol. The first-order valence-corrected chi connectivity index (χ1v) is 5.66. The van der Waals surface area contributed by atoms with E-state index in [1.54, 1.807) is 34.6 Å². The molecule has 0 amide bonds. The molecule has 0 atom stereocenters. The second-order valence-corrected chi connectivity index (χ2v) is 4.12. The van der Waals surface area contributed by atoms with E-state index in [-0.39, 0.29) is 0 Å². The van der Waals surface area contributed by atoms with Crippen molar-refractivity contribution in [2.24, 2.45) is 0 Å². The topological polar surface area (TPSA) is 43.6 Å². The van der Waals surface area contributed by atoms with E-state index in [1.165, 1.54) is 0 Å². The Labute approximate surface area is 96.2 Å². The van der Waals surface area contributed by atoms with E-state index >= 15 is 0 Å². The molecule has 0 N–H and O–H groups in total. The predicted octanol–water partition coefficient (Wildman–Crippen LogP) is 2.39. The van der Waals surface area contributed by atoms with E-state index in [0.29, 0.717) is 0 Å². The number of aromatic nitrogens is 4. The van der Waals surface area contributed by atoms with Crippen LogP contribution in [0.4, 0.5) is 0 Å². The summed E-state index contributed by atoms with van der Waals surface area (Å²) in [6.07, 6.45) is 9.08. The Morgan fingerprint density at radius 2 is 2.19 bits per heavy atom. The highest BCUT2D eigenvalue weighted by Crippen LogP contribution is 2.21. The largest absolute Gasteiger partial charge is 0.262 e. The predicted molar refractivity (Wildman–Crippen MR) is 62.5 cm³/mol. The minimum Gasteiger partial charge on any atom is -0.262 e. The first-order valence-electron chi connectivity index (χ1n) is 4.78. The van der Waals surface area contributed by atoms with Crippen molar-refractivity contribution in [2.75, 3.05) is 0 Å². The van der Waals surface area contributed by atoms with Gasteiger partial charge in [0.2, 0.25) is 0 Å². The molecule has 3 heterocycles. The lowest BCUT2D eigenvalue weighted by molar-refractivity contribution is 0.874. The Morgan fingerprint density at radius 3 is 2.94 bits per heavy atom. The zero-order chi connectivity index (χ0) is 10.8. The molecule has 0 saturated heterocycles. The number of rotatable bonds is 2. The van der Waals surface area contributed by atoms with Crippen molar-refractivity contribution in [2.45, 2.75) is 0 Å². The van der Waals surface area contributed by atoms with Gasteiger partial charge in [-0.15, -0.1) is 11.3 Å². The van der Waals surface area contributed by atoms with Crippen molar-refractivity contribution in [1.29, 1.82) is 0 Å². The number of nitrogens with zero attached hydrogens (tertiary/aromatic N) is 4. The van der Waals surface area contributed by atoms with Gasteiger partial charge in [-0.2, -0.15) is 5.10 Å². The van der Waals surface area contributed by atoms with Crippen LogP contribution in [-0.2, 0) is 0 Å². The van der Waals surface area contributed by atoms with Gasteiger partial charge < -0.3 is 0 Å². The van der Waals surface area contributed by atoms with Gasteiger partial charge in [-0.1, -0.05) is 0 Å². The number of pyridine rings is 1. The molecule has 0 bridgehead atoms. The van der Waals surface area contributed by atoms with Crippen LogP contribution < -0.4 is 0 Å². The lowest BCUT2D eigenvalue weighted by atomic mass is 10.4. The lowest BCUT2D eigenvalue weighted by Crippen LogP contribution is -1.93. The number of hydrogen-bond donors (Lipinski definition) is 0. The monoisotopic (exact) mass is 228 g/mol. The van der Waals surface area contributed by atoms with E-state index < -0.39 is 0 Å². The highest BCUT2D eigenvalue weighted by molar-refractivity contribution is 7.13. The van der Waals surface area contributed by atoms with Gasteiger partial charge in [-0.05, 0) is 12.1 Å². The highest BCUT2D eigenvalue weighted by atomic mass is 32.1. The zero-order valence-electron chi connectivity index (χ0n) is 8.32. The molecule has 4 nitrogen and oxygen atoms in total. The second-order valence-electron chi connectivity index (χ2n) is 3.22. The third kappa shape index (κ3) is 1.61. The van der Waals surface area contributed by atoms with Gasteiger partial charge in [0.25, 0.3) is 0 Å². The molecule has 16 heavy (non-hydrogen) atoms. The Kier molecular flexibility index (Phi) is 2.23. The van der Waals surface area contributed by atoms with Gasteiger partial charge in [-0.3, -0.25) is 4.98 Å². The summed E-state index contributed by atoms with van der Waals surface area (Å²) in [7, 11) is 0. The molecule has 0 radical (unpaired) electrons. The van der Waals surface area contributed by atoms with Crippen molar-refractivity contribution in [3.8, 4) is 16.3 Å². The van der Waals surface area contributed by atoms with Crippen LogP contribution in [0.25, 0.3) is 16.3 Å². The van der Waals surface area contributed by atoms with Gasteiger partial charge in [0.05, 0.1) is 18.1 Å². The molecule has 0 unspecified atom stereocenters. The van der Waals surface area contributed by atoms with E-state index in [2.05, 4.69) is 15.1 Å². The molecule has 0 saturated carbocycles. The molecule has 3 aromatic rings. The maximum atomic E-state index is 4.29. The summed E-state index contributed by atoms with van der Waals surface area (Å²) in [5.41, 5.74) is 1.98. The fourth-order valence-electron chi connectivity index (χ4n) is 1.43. The number of thiazole rings is 1. The van der Waals surface area contributed by atoms with Crippen molar-refractivity contribution < 1.29 is 0 Å². The highest BCUT2D eigenvalue weighted by Gasteiger charge is 2.04. The van der Waals surface area contributed by atoms with Crippen LogP contribution in [0.5, 0.6) is 0 Å². The minimum atomic E-state index is 0.949. The van der Waals surface area contributed by atoms with Gasteiger partial charge in [-0.25, -0.2) is 9.67 Å². The van der Waals surface area contributed by atoms with E-state index in [9.17, 15) is 0 Å². The normalized spacial score (nSPS) is 10.5. The standard InChI is InChI=1S/C11H8N4S/c1-2-10(7-12-3-1)15-8-9(6-14-15)11-13-4-5-16-11/h1-8H. The lowest BCUT2D eigenvalue weighted by Gasteiger charge is -1.97. The fourth-order valence-corrected chi connectivity index (χ4v) is 2.04. The second kappa shape index (κ2) is 3.86. The molecule has 0 aromatic carbocycles. The summed E-state index contributed by atoms with van der Waals surface area (Å²) < 4.78 is 1.80. The molecule has 0 aliphatic carbocycles. The third-order valence-corrected chi connectivity index (χ3v) is 2.99. The summed E-state index contributed by atoms with van der Waals surface area (Å²) in [6, 6.07) is 3.85. The van der Waals surface area contributed by atoms with Crippen LogP contribution in [0.3, 0.4) is 0 Å². The summed E-state index contributed by atoms with van der Waals surface area (Å²) in [5, 5.41) is 7.22. The Hall–Kier alpha value is -2.01. The maximum Gasteiger partial charge on any atom is 0.126 e. The summed E-state index contributed by atoms with van der Waals surface area (Å²) in [5.74, 6) is 0. The quantitative estimate of drug-likeness (QED) is 0.676. The third-order valence-electron chi connectivity index (χ3n) is 2.17. The molecule has 0 aliphatic rings. The smallest absolute Gasteiger partial charge is 0.126 e. The molecular weight excluding hydrogens is 220 g/mol. The van der Waals surface area contributed by atoms with Crippen molar-refractivity contribution >= 4 is 11.3 Å². The van der Waals surface area contributed by atoms with Crippen LogP contribution in [0, 0.1) is 0 Å². The van der Waals surface area contributed by atoms with Crippen LogP contribution in [-0.4, -0.2) is 19.7 Å². The van der Waals surface area contributed by atoms with E-state index in [1.807, 2.05) is 29.9 Å². The maximum absolute atomic E-state index is 4.29. The van der Waals surface area contributed by atoms with E-state index in [0.717, 1.165) is 16.3 Å². The average Bonchev–Trinajstić information content (AvgIpc) is 3.01. The van der Waals surface area contributed by atoms with Crippen molar-refractivity contribution in [3.63, 3.8) is 0 Å². The van der Waals surface area contributed by atoms with Gasteiger partial charge in [0.1, 0.15) is 5.01 Å². The zero-order valence-corrected chi connectivity index (χ0v) is 9.13. The summed E-state index contributed by atoms with van der Waals surface area (Å²) in [6.45, 7) is 0.